The van der Waals surface area contributed by atoms with Gasteiger partial charge in [-0.3, -0.25) is 0 Å². The first-order valence-electron chi connectivity index (χ1n) is 3.44. The Kier molecular flexibility index (Phi) is 7.99. The molecule has 0 spiro atoms. The number of hydrogen-bond donors (Lipinski definition) is 4. The Morgan fingerprint density at radius 3 is 1.18 bits per heavy atom. The van der Waals surface area contributed by atoms with Gasteiger partial charge in [0.25, 0.3) is 0 Å². The van der Waals surface area contributed by atoms with E-state index in [1.807, 2.05) is 0 Å². The van der Waals surface area contributed by atoms with Crippen molar-refractivity contribution in [1.82, 2.24) is 0 Å². The van der Waals surface area contributed by atoms with E-state index in [-0.39, 0.29) is 18.6 Å². The van der Waals surface area contributed by atoms with Gasteiger partial charge in [0.15, 0.2) is 6.29 Å². The van der Waals surface area contributed by atoms with Crippen molar-refractivity contribution >= 4 is 0 Å². The lowest BCUT2D eigenvalue weighted by Gasteiger charge is -2.19. The van der Waals surface area contributed by atoms with Crippen LogP contribution in [0.3, 0.4) is 0 Å². The van der Waals surface area contributed by atoms with E-state index in [1.54, 1.807) is 20.8 Å². The van der Waals surface area contributed by atoms with Gasteiger partial charge < -0.3 is 20.4 Å². The summed E-state index contributed by atoms with van der Waals surface area (Å²) in [7, 11) is 0. The van der Waals surface area contributed by atoms with E-state index in [2.05, 4.69) is 0 Å². The van der Waals surface area contributed by atoms with Crippen LogP contribution in [-0.4, -0.2) is 39.9 Å². The van der Waals surface area contributed by atoms with Crippen molar-refractivity contribution in [3.63, 3.8) is 0 Å². The second-order valence-corrected chi connectivity index (χ2v) is 3.19. The molecule has 0 rings (SSSR count). The molecule has 0 aromatic rings. The lowest BCUT2D eigenvalue weighted by atomic mass is 9.96. The van der Waals surface area contributed by atoms with Crippen LogP contribution in [0.1, 0.15) is 20.8 Å². The molecule has 0 unspecified atom stereocenters. The van der Waals surface area contributed by atoms with E-state index < -0.39 is 6.29 Å². The van der Waals surface area contributed by atoms with Crippen molar-refractivity contribution < 1.29 is 20.4 Å². The van der Waals surface area contributed by atoms with Crippen LogP contribution in [0.5, 0.6) is 0 Å². The Balaban J connectivity index is 0. The highest BCUT2D eigenvalue weighted by atomic mass is 16.5. The van der Waals surface area contributed by atoms with Crippen LogP contribution >= 0.6 is 0 Å². The van der Waals surface area contributed by atoms with Gasteiger partial charge in [-0.2, -0.15) is 0 Å². The Bertz CT molecular complexity index is 73.0. The van der Waals surface area contributed by atoms with E-state index in [0.717, 1.165) is 0 Å². The van der Waals surface area contributed by atoms with Crippen LogP contribution < -0.4 is 0 Å². The average molecular weight is 166 g/mol. The highest BCUT2D eigenvalue weighted by Gasteiger charge is 2.18. The van der Waals surface area contributed by atoms with Crippen LogP contribution in [0.15, 0.2) is 0 Å². The van der Waals surface area contributed by atoms with Gasteiger partial charge >= 0.3 is 0 Å². The van der Waals surface area contributed by atoms with Gasteiger partial charge in [-0.05, 0) is 0 Å². The molecule has 0 aromatic heterocycles. The number of aliphatic hydroxyl groups is 4. The van der Waals surface area contributed by atoms with Gasteiger partial charge in [-0.1, -0.05) is 20.8 Å². The SMILES string of the molecule is CC(C)(C)C(O)O.OCCO. The zero-order valence-electron chi connectivity index (χ0n) is 7.28. The number of rotatable bonds is 1. The fourth-order valence-electron chi connectivity index (χ4n) is 0. The van der Waals surface area contributed by atoms with Crippen LogP contribution in [0.2, 0.25) is 0 Å². The molecule has 4 heteroatoms. The molecule has 0 aliphatic rings. The van der Waals surface area contributed by atoms with Crippen LogP contribution in [0.4, 0.5) is 0 Å². The summed E-state index contributed by atoms with van der Waals surface area (Å²) in [6, 6.07) is 0. The lowest BCUT2D eigenvalue weighted by molar-refractivity contribution is -0.113. The summed E-state index contributed by atoms with van der Waals surface area (Å²) in [5.74, 6) is 0. The van der Waals surface area contributed by atoms with Crippen LogP contribution in [0.25, 0.3) is 0 Å². The third-order valence-electron chi connectivity index (χ3n) is 0.875. The van der Waals surface area contributed by atoms with E-state index in [0.29, 0.717) is 0 Å². The van der Waals surface area contributed by atoms with E-state index in [4.69, 9.17) is 20.4 Å². The summed E-state index contributed by atoms with van der Waals surface area (Å²) in [5, 5.41) is 32.1. The molecular weight excluding hydrogens is 148 g/mol. The molecule has 0 saturated heterocycles. The molecule has 4 nitrogen and oxygen atoms in total. The summed E-state index contributed by atoms with van der Waals surface area (Å²) in [6.07, 6.45) is -1.20. The molecule has 0 saturated carbocycles. The predicted octanol–water partition coefficient (Wildman–Crippen LogP) is -0.686. The fraction of sp³-hybridized carbons (Fsp3) is 1.00. The van der Waals surface area contributed by atoms with Crippen molar-refractivity contribution in [1.29, 1.82) is 0 Å². The Hall–Kier alpha value is -0.160. The summed E-state index contributed by atoms with van der Waals surface area (Å²) >= 11 is 0. The normalized spacial score (nSPS) is 10.9. The fourth-order valence-corrected chi connectivity index (χ4v) is 0. The topological polar surface area (TPSA) is 80.9 Å². The first-order chi connectivity index (χ1) is 4.86. The first-order valence-corrected chi connectivity index (χ1v) is 3.44. The summed E-state index contributed by atoms with van der Waals surface area (Å²) in [5.41, 5.74) is -0.389. The second kappa shape index (κ2) is 6.54. The van der Waals surface area contributed by atoms with Crippen LogP contribution in [-0.2, 0) is 0 Å². The first kappa shape index (κ1) is 13.4. The monoisotopic (exact) mass is 166 g/mol. The molecule has 0 aromatic carbocycles. The molecule has 0 fully saturated rings. The Morgan fingerprint density at radius 1 is 1.00 bits per heavy atom. The molecule has 0 radical (unpaired) electrons. The minimum Gasteiger partial charge on any atom is -0.394 e. The average Bonchev–Trinajstić information content (AvgIpc) is 1.87. The van der Waals surface area contributed by atoms with Gasteiger partial charge in [-0.25, -0.2) is 0 Å². The molecule has 0 atom stereocenters. The van der Waals surface area contributed by atoms with Crippen molar-refractivity contribution in [3.8, 4) is 0 Å². The molecule has 11 heavy (non-hydrogen) atoms. The smallest absolute Gasteiger partial charge is 0.156 e. The largest absolute Gasteiger partial charge is 0.394 e. The predicted molar refractivity (Wildman–Crippen MR) is 41.9 cm³/mol. The summed E-state index contributed by atoms with van der Waals surface area (Å²) < 4.78 is 0. The molecule has 0 aliphatic carbocycles. The van der Waals surface area contributed by atoms with E-state index in [9.17, 15) is 0 Å². The van der Waals surface area contributed by atoms with E-state index >= 15 is 0 Å². The maximum absolute atomic E-state index is 8.44. The minimum absolute atomic E-state index is 0.125. The second-order valence-electron chi connectivity index (χ2n) is 3.19. The Morgan fingerprint density at radius 2 is 1.18 bits per heavy atom. The summed E-state index contributed by atoms with van der Waals surface area (Å²) in [6.45, 7) is 5.03. The van der Waals surface area contributed by atoms with Crippen molar-refractivity contribution in [3.05, 3.63) is 0 Å². The van der Waals surface area contributed by atoms with Gasteiger partial charge in [-0.15, -0.1) is 0 Å². The highest BCUT2D eigenvalue weighted by molar-refractivity contribution is 4.61. The van der Waals surface area contributed by atoms with Gasteiger partial charge in [0.05, 0.1) is 13.2 Å². The molecule has 4 N–H and O–H groups in total. The molecule has 0 aliphatic heterocycles. The number of aliphatic hydroxyl groups excluding tert-OH is 3. The number of hydrogen-bond acceptors (Lipinski definition) is 4. The van der Waals surface area contributed by atoms with Gasteiger partial charge in [0, 0.05) is 5.41 Å². The molecule has 0 heterocycles. The van der Waals surface area contributed by atoms with Gasteiger partial charge in [0.2, 0.25) is 0 Å². The zero-order valence-corrected chi connectivity index (χ0v) is 7.28. The van der Waals surface area contributed by atoms with Gasteiger partial charge in [0.1, 0.15) is 0 Å². The van der Waals surface area contributed by atoms with Crippen molar-refractivity contribution in [2.45, 2.75) is 27.1 Å². The van der Waals surface area contributed by atoms with E-state index in [1.165, 1.54) is 0 Å². The highest BCUT2D eigenvalue weighted by Crippen LogP contribution is 2.15. The molecule has 70 valence electrons. The maximum atomic E-state index is 8.44. The van der Waals surface area contributed by atoms with Crippen molar-refractivity contribution in [2.75, 3.05) is 13.2 Å². The quantitative estimate of drug-likeness (QED) is 0.389. The van der Waals surface area contributed by atoms with Crippen molar-refractivity contribution in [2.24, 2.45) is 5.41 Å². The molecule has 0 bridgehead atoms. The molecule has 0 amide bonds. The maximum Gasteiger partial charge on any atom is 0.156 e. The minimum atomic E-state index is -1.20. The third-order valence-corrected chi connectivity index (χ3v) is 0.875. The lowest BCUT2D eigenvalue weighted by Crippen LogP contribution is -2.24. The zero-order chi connectivity index (χ0) is 9.49. The Labute approximate surface area is 67.1 Å². The molecular formula is C7H18O4. The summed E-state index contributed by atoms with van der Waals surface area (Å²) in [4.78, 5) is 0. The third kappa shape index (κ3) is 12.9. The standard InChI is InChI=1S/C5H12O2.C2H6O2/c1-5(2,3)4(6)7;3-1-2-4/h4,6-7H,1-3H3;3-4H,1-2H2. The van der Waals surface area contributed by atoms with Crippen LogP contribution in [0, 0.1) is 5.41 Å².